The highest BCUT2D eigenvalue weighted by Gasteiger charge is 2.41. The van der Waals surface area contributed by atoms with Gasteiger partial charge in [0.2, 0.25) is 0 Å². The SMILES string of the molecule is Cc1nc(-c2ccc(C(F)(F)F)cc2)sc1C(O)C(F)(F)F.Cc1nc(-c2ccc(C(F)(F)F)cc2)sc1C=O. The van der Waals surface area contributed by atoms with Gasteiger partial charge in [-0.1, -0.05) is 24.3 Å². The Hall–Kier alpha value is -3.30. The van der Waals surface area contributed by atoms with E-state index >= 15 is 0 Å². The Balaban J connectivity index is 0.000000225. The molecule has 4 nitrogen and oxygen atoms in total. The van der Waals surface area contributed by atoms with Crippen LogP contribution in [0, 0.1) is 13.8 Å². The number of thiazole rings is 2. The van der Waals surface area contributed by atoms with E-state index in [0.29, 0.717) is 38.8 Å². The Labute approximate surface area is 228 Å². The number of aliphatic hydroxyl groups excluding tert-OH is 1. The Morgan fingerprint density at radius 3 is 1.45 bits per heavy atom. The maximum atomic E-state index is 12.5. The van der Waals surface area contributed by atoms with Crippen molar-refractivity contribution in [1.82, 2.24) is 9.97 Å². The number of aliphatic hydroxyl groups is 1. The van der Waals surface area contributed by atoms with Crippen LogP contribution in [0.25, 0.3) is 21.1 Å². The number of hydrogen-bond acceptors (Lipinski definition) is 6. The van der Waals surface area contributed by atoms with Crippen molar-refractivity contribution in [2.45, 2.75) is 38.5 Å². The zero-order valence-corrected chi connectivity index (χ0v) is 21.9. The first kappa shape index (κ1) is 31.2. The third kappa shape index (κ3) is 7.46. The Kier molecular flexibility index (Phi) is 9.11. The van der Waals surface area contributed by atoms with E-state index in [0.717, 1.165) is 36.4 Å². The van der Waals surface area contributed by atoms with Gasteiger partial charge in [-0.15, -0.1) is 22.7 Å². The molecule has 0 aliphatic rings. The van der Waals surface area contributed by atoms with Gasteiger partial charge in [-0.25, -0.2) is 9.97 Å². The number of aromatic nitrogens is 2. The van der Waals surface area contributed by atoms with Gasteiger partial charge in [-0.2, -0.15) is 39.5 Å². The fourth-order valence-electron chi connectivity index (χ4n) is 3.18. The summed E-state index contributed by atoms with van der Waals surface area (Å²) in [6, 6.07) is 8.64. The average Bonchev–Trinajstić information content (AvgIpc) is 3.44. The molecule has 0 saturated carbocycles. The zero-order chi connectivity index (χ0) is 30.0. The van der Waals surface area contributed by atoms with E-state index in [1.165, 1.54) is 30.4 Å². The van der Waals surface area contributed by atoms with Crippen LogP contribution in [-0.2, 0) is 12.4 Å². The van der Waals surface area contributed by atoms with Crippen LogP contribution in [0.4, 0.5) is 39.5 Å². The first-order valence-corrected chi connectivity index (χ1v) is 12.5. The molecule has 2 aromatic heterocycles. The first-order chi connectivity index (χ1) is 18.4. The lowest BCUT2D eigenvalue weighted by molar-refractivity contribution is -0.205. The normalized spacial score (nSPS) is 13.0. The fraction of sp³-hybridized carbons (Fsp3) is 0.240. The molecule has 1 atom stereocenters. The highest BCUT2D eigenvalue weighted by atomic mass is 32.1. The number of carbonyl (C=O) groups is 1. The molecule has 0 aliphatic heterocycles. The molecule has 0 saturated heterocycles. The summed E-state index contributed by atoms with van der Waals surface area (Å²) in [5.74, 6) is 0. The lowest BCUT2D eigenvalue weighted by Crippen LogP contribution is -2.19. The maximum Gasteiger partial charge on any atom is 0.419 e. The molecule has 214 valence electrons. The summed E-state index contributed by atoms with van der Waals surface area (Å²) in [6.45, 7) is 2.99. The van der Waals surface area contributed by atoms with Crippen molar-refractivity contribution in [3.05, 3.63) is 80.8 Å². The molecule has 4 aromatic rings. The molecule has 40 heavy (non-hydrogen) atoms. The van der Waals surface area contributed by atoms with Gasteiger partial charge in [0.25, 0.3) is 0 Å². The second kappa shape index (κ2) is 11.7. The summed E-state index contributed by atoms with van der Waals surface area (Å²) in [4.78, 5) is 18.8. The molecular weight excluding hydrogens is 595 g/mol. The largest absolute Gasteiger partial charge is 0.419 e. The molecule has 0 fully saturated rings. The molecule has 1 N–H and O–H groups in total. The van der Waals surface area contributed by atoms with E-state index in [-0.39, 0.29) is 21.1 Å². The molecule has 2 aromatic carbocycles. The van der Waals surface area contributed by atoms with Gasteiger partial charge in [0, 0.05) is 11.1 Å². The standard InChI is InChI=1S/C13H9F6NOS.C12H8F3NOS/c1-6-9(10(21)13(17,18)19)22-11(20-6)7-2-4-8(5-3-7)12(14,15)16;1-7-10(6-17)18-11(16-7)8-2-4-9(5-3-8)12(13,14)15/h2-5,10,21H,1H3;2-6H,1H3. The molecule has 15 heteroatoms. The van der Waals surface area contributed by atoms with Crippen LogP contribution in [0.3, 0.4) is 0 Å². The van der Waals surface area contributed by atoms with Crippen LogP contribution >= 0.6 is 22.7 Å². The van der Waals surface area contributed by atoms with Crippen LogP contribution in [-0.4, -0.2) is 27.5 Å². The number of halogens is 9. The monoisotopic (exact) mass is 612 g/mol. The number of carbonyl (C=O) groups excluding carboxylic acids is 1. The number of aldehydes is 1. The maximum absolute atomic E-state index is 12.5. The summed E-state index contributed by atoms with van der Waals surface area (Å²) >= 11 is 1.76. The Morgan fingerprint density at radius 1 is 0.700 bits per heavy atom. The van der Waals surface area contributed by atoms with Gasteiger partial charge in [0.05, 0.1) is 32.3 Å². The van der Waals surface area contributed by atoms with Crippen LogP contribution < -0.4 is 0 Å². The lowest BCUT2D eigenvalue weighted by Gasteiger charge is -2.12. The van der Waals surface area contributed by atoms with Crippen molar-refractivity contribution in [3.8, 4) is 21.1 Å². The average molecular weight is 613 g/mol. The zero-order valence-electron chi connectivity index (χ0n) is 20.2. The van der Waals surface area contributed by atoms with E-state index in [4.69, 9.17) is 0 Å². The molecule has 4 rings (SSSR count). The molecule has 0 bridgehead atoms. The lowest BCUT2D eigenvalue weighted by atomic mass is 10.1. The number of hydrogen-bond donors (Lipinski definition) is 1. The predicted molar refractivity (Wildman–Crippen MR) is 131 cm³/mol. The number of aryl methyl sites for hydroxylation is 2. The van der Waals surface area contributed by atoms with E-state index in [9.17, 15) is 49.4 Å². The smallest absolute Gasteiger partial charge is 0.379 e. The van der Waals surface area contributed by atoms with Crippen molar-refractivity contribution in [1.29, 1.82) is 0 Å². The summed E-state index contributed by atoms with van der Waals surface area (Å²) in [5, 5.41) is 9.91. The quantitative estimate of drug-likeness (QED) is 0.185. The summed E-state index contributed by atoms with van der Waals surface area (Å²) in [7, 11) is 0. The summed E-state index contributed by atoms with van der Waals surface area (Å²) < 4.78 is 112. The number of benzene rings is 2. The summed E-state index contributed by atoms with van der Waals surface area (Å²) in [6.07, 6.45) is -15.6. The second-order valence-corrected chi connectivity index (χ2v) is 10.2. The Morgan fingerprint density at radius 2 is 1.10 bits per heavy atom. The highest BCUT2D eigenvalue weighted by molar-refractivity contribution is 7.16. The van der Waals surface area contributed by atoms with Gasteiger partial charge in [-0.3, -0.25) is 4.79 Å². The van der Waals surface area contributed by atoms with Crippen LogP contribution in [0.1, 0.15) is 43.2 Å². The van der Waals surface area contributed by atoms with Crippen LogP contribution in [0.5, 0.6) is 0 Å². The third-order valence-corrected chi connectivity index (χ3v) is 7.64. The fourth-order valence-corrected chi connectivity index (χ4v) is 5.15. The van der Waals surface area contributed by atoms with Crippen LogP contribution in [0.15, 0.2) is 48.5 Å². The highest BCUT2D eigenvalue weighted by Crippen LogP contribution is 2.40. The molecule has 1 unspecified atom stereocenters. The predicted octanol–water partition coefficient (Wildman–Crippen LogP) is 8.68. The van der Waals surface area contributed by atoms with Crippen LogP contribution in [0.2, 0.25) is 0 Å². The van der Waals surface area contributed by atoms with E-state index in [1.54, 1.807) is 6.92 Å². The molecule has 0 amide bonds. The Bertz CT molecular complexity index is 1450. The topological polar surface area (TPSA) is 63.1 Å². The molecule has 0 aliphatic carbocycles. The first-order valence-electron chi connectivity index (χ1n) is 10.9. The molecule has 0 radical (unpaired) electrons. The van der Waals surface area contributed by atoms with Gasteiger partial charge in [-0.05, 0) is 38.1 Å². The number of rotatable bonds is 4. The van der Waals surface area contributed by atoms with Crippen molar-refractivity contribution < 1.29 is 49.4 Å². The van der Waals surface area contributed by atoms with E-state index in [2.05, 4.69) is 9.97 Å². The van der Waals surface area contributed by atoms with E-state index in [1.807, 2.05) is 0 Å². The van der Waals surface area contributed by atoms with Gasteiger partial charge in [0.1, 0.15) is 10.0 Å². The van der Waals surface area contributed by atoms with Crippen molar-refractivity contribution >= 4 is 29.0 Å². The minimum Gasteiger partial charge on any atom is -0.379 e. The van der Waals surface area contributed by atoms with Gasteiger partial charge < -0.3 is 5.11 Å². The second-order valence-electron chi connectivity index (χ2n) is 8.15. The number of alkyl halides is 9. The summed E-state index contributed by atoms with van der Waals surface area (Å²) in [5.41, 5.74) is -0.157. The van der Waals surface area contributed by atoms with Gasteiger partial charge in [0.15, 0.2) is 12.4 Å². The minimum absolute atomic E-state index is 0.00952. The minimum atomic E-state index is -4.82. The van der Waals surface area contributed by atoms with E-state index < -0.39 is 35.8 Å². The molecular formula is C25H17F9N2O2S2. The van der Waals surface area contributed by atoms with Gasteiger partial charge >= 0.3 is 18.5 Å². The molecule has 0 spiro atoms. The number of nitrogens with zero attached hydrogens (tertiary/aromatic N) is 2. The third-order valence-electron chi connectivity index (χ3n) is 5.25. The molecule has 2 heterocycles. The van der Waals surface area contributed by atoms with Crippen molar-refractivity contribution in [2.24, 2.45) is 0 Å². The van der Waals surface area contributed by atoms with Crippen molar-refractivity contribution in [2.75, 3.05) is 0 Å². The van der Waals surface area contributed by atoms with Crippen molar-refractivity contribution in [3.63, 3.8) is 0 Å².